The van der Waals surface area contributed by atoms with Gasteiger partial charge < -0.3 is 12.7 Å². The Hall–Kier alpha value is 0.960. The molecule has 0 aromatic rings. The van der Waals surface area contributed by atoms with Gasteiger partial charge in [-0.05, 0) is 0 Å². The maximum atomic E-state index is 4.74. The molecule has 0 bridgehead atoms. The molecule has 2 N–H and O–H groups in total. The molecule has 4 heavy (non-hydrogen) atoms. The van der Waals surface area contributed by atoms with Crippen molar-refractivity contribution in [1.29, 1.82) is 0 Å². The summed E-state index contributed by atoms with van der Waals surface area (Å²) in [6.45, 7) is 3.76. The van der Waals surface area contributed by atoms with Crippen molar-refractivity contribution in [2.75, 3.05) is 6.54 Å². The van der Waals surface area contributed by atoms with Crippen LogP contribution in [-0.2, 0) is 0 Å². The zero-order chi connectivity index (χ0) is 2.71. The quantitative estimate of drug-likeness (QED) is 0.234. The Morgan fingerprint density at radius 1 is 1.75 bits per heavy atom. The summed E-state index contributed by atoms with van der Waals surface area (Å²) in [4.78, 5) is 0. The van der Waals surface area contributed by atoms with Crippen LogP contribution in [0.3, 0.4) is 0 Å². The van der Waals surface area contributed by atoms with Gasteiger partial charge in [0.1, 0.15) is 0 Å². The molecule has 0 amide bonds. The van der Waals surface area contributed by atoms with Crippen molar-refractivity contribution in [3.8, 4) is 0 Å². The van der Waals surface area contributed by atoms with Crippen LogP contribution in [0.4, 0.5) is 0 Å². The molecule has 0 radical (unpaired) electrons. The van der Waals surface area contributed by atoms with Crippen molar-refractivity contribution in [2.45, 2.75) is 0 Å². The summed E-state index contributed by atoms with van der Waals surface area (Å²) in [5.74, 6) is 0. The Balaban J connectivity index is 0. The third kappa shape index (κ3) is 12.3. The minimum Gasteiger partial charge on any atom is -0.360 e. The van der Waals surface area contributed by atoms with Crippen LogP contribution in [0.2, 0.25) is 0 Å². The summed E-state index contributed by atoms with van der Waals surface area (Å²) >= 11 is 0. The van der Waals surface area contributed by atoms with E-state index in [1.165, 1.54) is 0 Å². The average Bonchev–Trinajstić information content (AvgIpc) is 0.918. The molecule has 0 fully saturated rings. The summed E-state index contributed by atoms with van der Waals surface area (Å²) in [6, 6.07) is 0. The second-order valence-corrected chi connectivity index (χ2v) is 0.289. The van der Waals surface area contributed by atoms with Crippen molar-refractivity contribution < 1.29 is 29.6 Å². The predicted molar refractivity (Wildman–Crippen MR) is 14.4 cm³/mol. The standard InChI is InChI=1S/C2H6N.Na/c1-2-3;/h1-3H2;/q-1;+1. The van der Waals surface area contributed by atoms with E-state index in [1.54, 1.807) is 0 Å². The van der Waals surface area contributed by atoms with Gasteiger partial charge in [-0.15, -0.1) is 6.54 Å². The van der Waals surface area contributed by atoms with Crippen LogP contribution in [0.25, 0.3) is 0 Å². The van der Waals surface area contributed by atoms with Crippen LogP contribution in [0.1, 0.15) is 0 Å². The fourth-order valence-corrected chi connectivity index (χ4v) is 0. The molecular formula is C2H6NNa. The first-order valence-corrected chi connectivity index (χ1v) is 0.908. The van der Waals surface area contributed by atoms with Gasteiger partial charge in [-0.25, -0.2) is 0 Å². The fraction of sp³-hybridized carbons (Fsp3) is 0.500. The van der Waals surface area contributed by atoms with Gasteiger partial charge in [0.05, 0.1) is 0 Å². The van der Waals surface area contributed by atoms with E-state index in [9.17, 15) is 0 Å². The molecule has 0 aliphatic rings. The third-order valence-corrected chi connectivity index (χ3v) is 0. The van der Waals surface area contributed by atoms with Crippen molar-refractivity contribution in [3.05, 3.63) is 6.92 Å². The maximum absolute atomic E-state index is 4.74. The van der Waals surface area contributed by atoms with Crippen molar-refractivity contribution in [2.24, 2.45) is 5.73 Å². The molecular weight excluding hydrogens is 61.0 g/mol. The van der Waals surface area contributed by atoms with Gasteiger partial charge in [-0.1, -0.05) is 0 Å². The van der Waals surface area contributed by atoms with E-state index in [4.69, 9.17) is 5.73 Å². The molecule has 0 aromatic carbocycles. The second-order valence-electron chi connectivity index (χ2n) is 0.289. The van der Waals surface area contributed by atoms with Crippen LogP contribution >= 0.6 is 0 Å². The minimum atomic E-state index is 0. The molecule has 0 rings (SSSR count). The zero-order valence-electron chi connectivity index (χ0n) is 2.99. The first kappa shape index (κ1) is 8.88. The molecule has 20 valence electrons. The van der Waals surface area contributed by atoms with Crippen LogP contribution in [0, 0.1) is 6.92 Å². The summed E-state index contributed by atoms with van der Waals surface area (Å²) in [6.07, 6.45) is 0. The van der Waals surface area contributed by atoms with Crippen LogP contribution < -0.4 is 35.3 Å². The molecule has 1 nitrogen and oxygen atoms in total. The number of rotatable bonds is 0. The summed E-state index contributed by atoms with van der Waals surface area (Å²) in [5, 5.41) is 0. The normalized spacial score (nSPS) is 4.50. The van der Waals surface area contributed by atoms with Gasteiger partial charge in [0.2, 0.25) is 0 Å². The number of hydrogen-bond acceptors (Lipinski definition) is 1. The predicted octanol–water partition coefficient (Wildman–Crippen LogP) is -3.22. The SMILES string of the molecule is [CH2-]CN.[Na+]. The Morgan fingerprint density at radius 2 is 1.75 bits per heavy atom. The number of hydrogen-bond donors (Lipinski definition) is 1. The van der Waals surface area contributed by atoms with E-state index < -0.39 is 0 Å². The van der Waals surface area contributed by atoms with E-state index in [2.05, 4.69) is 6.92 Å². The first-order valence-electron chi connectivity index (χ1n) is 0.908. The molecule has 0 spiro atoms. The van der Waals surface area contributed by atoms with Crippen molar-refractivity contribution >= 4 is 0 Å². The maximum Gasteiger partial charge on any atom is 1.00 e. The minimum absolute atomic E-state index is 0. The van der Waals surface area contributed by atoms with E-state index in [0.29, 0.717) is 6.54 Å². The van der Waals surface area contributed by atoms with Gasteiger partial charge >= 0.3 is 29.6 Å². The molecule has 0 saturated heterocycles. The van der Waals surface area contributed by atoms with E-state index in [-0.39, 0.29) is 29.6 Å². The zero-order valence-corrected chi connectivity index (χ0v) is 4.99. The monoisotopic (exact) mass is 67.0 g/mol. The molecule has 0 aromatic heterocycles. The third-order valence-electron chi connectivity index (χ3n) is 0. The molecule has 0 unspecified atom stereocenters. The van der Waals surface area contributed by atoms with E-state index in [0.717, 1.165) is 0 Å². The van der Waals surface area contributed by atoms with Gasteiger partial charge in [0, 0.05) is 0 Å². The van der Waals surface area contributed by atoms with Crippen LogP contribution in [-0.4, -0.2) is 6.54 Å². The van der Waals surface area contributed by atoms with E-state index >= 15 is 0 Å². The first-order chi connectivity index (χ1) is 1.41. The van der Waals surface area contributed by atoms with Gasteiger partial charge in [-0.2, -0.15) is 0 Å². The molecule has 0 aliphatic carbocycles. The Morgan fingerprint density at radius 3 is 1.75 bits per heavy atom. The Labute approximate surface area is 48.9 Å². The van der Waals surface area contributed by atoms with Crippen LogP contribution in [0.15, 0.2) is 0 Å². The van der Waals surface area contributed by atoms with E-state index in [1.807, 2.05) is 0 Å². The molecule has 2 heteroatoms. The fourth-order valence-electron chi connectivity index (χ4n) is 0. The summed E-state index contributed by atoms with van der Waals surface area (Å²) in [7, 11) is 0. The molecule has 0 heterocycles. The topological polar surface area (TPSA) is 26.0 Å². The van der Waals surface area contributed by atoms with Gasteiger partial charge in [0.15, 0.2) is 0 Å². The summed E-state index contributed by atoms with van der Waals surface area (Å²) < 4.78 is 0. The van der Waals surface area contributed by atoms with Crippen molar-refractivity contribution in [1.82, 2.24) is 0 Å². The summed E-state index contributed by atoms with van der Waals surface area (Å²) in [5.41, 5.74) is 4.74. The molecule has 0 aliphatic heterocycles. The Kier molecular flexibility index (Phi) is 20.0. The molecule has 0 saturated carbocycles. The largest absolute Gasteiger partial charge is 1.00 e. The second kappa shape index (κ2) is 9.03. The van der Waals surface area contributed by atoms with Gasteiger partial charge in [0.25, 0.3) is 0 Å². The molecule has 0 atom stereocenters. The smallest absolute Gasteiger partial charge is 0.360 e. The van der Waals surface area contributed by atoms with Crippen LogP contribution in [0.5, 0.6) is 0 Å². The Bertz CT molecular complexity index is 6.00. The number of nitrogens with two attached hydrogens (primary N) is 1. The van der Waals surface area contributed by atoms with Gasteiger partial charge in [-0.3, -0.25) is 0 Å². The average molecular weight is 67.1 g/mol. The van der Waals surface area contributed by atoms with Crippen molar-refractivity contribution in [3.63, 3.8) is 0 Å².